The molecule has 0 atom stereocenters. The predicted octanol–water partition coefficient (Wildman–Crippen LogP) is 3.42. The molecule has 0 amide bonds. The minimum Gasteiger partial charge on any atom is -0.263 e. The summed E-state index contributed by atoms with van der Waals surface area (Å²) in [5.74, 6) is -0.0115. The van der Waals surface area contributed by atoms with Gasteiger partial charge >= 0.3 is 6.18 Å². The minimum atomic E-state index is -4.59. The Morgan fingerprint density at radius 2 is 1.68 bits per heavy atom. The van der Waals surface area contributed by atoms with Gasteiger partial charge in [-0.15, -0.1) is 11.3 Å². The Kier molecular flexibility index (Phi) is 4.43. The molecule has 3 heterocycles. The Morgan fingerprint density at radius 1 is 0.960 bits per heavy atom. The van der Waals surface area contributed by atoms with Gasteiger partial charge in [-0.05, 0) is 24.3 Å². The molecule has 0 saturated heterocycles. The van der Waals surface area contributed by atoms with E-state index < -0.39 is 25.3 Å². The van der Waals surface area contributed by atoms with Crippen LogP contribution >= 0.6 is 11.3 Å². The van der Waals surface area contributed by atoms with E-state index in [1.807, 2.05) is 0 Å². The highest BCUT2D eigenvalue weighted by molar-refractivity contribution is 7.94. The molecule has 3 rings (SSSR count). The number of hydrogen-bond donors (Lipinski definition) is 1. The number of nitrogens with zero attached hydrogens (tertiary/aromatic N) is 3. The van der Waals surface area contributed by atoms with Crippen molar-refractivity contribution >= 4 is 27.2 Å². The SMILES string of the molecule is O=S(=O)(Nc1ccc(-c2cncnc2)cn1)c1ccc(C(F)(F)F)s1. The highest BCUT2D eigenvalue weighted by Crippen LogP contribution is 2.36. The number of thiophene rings is 1. The second kappa shape index (κ2) is 6.41. The first-order chi connectivity index (χ1) is 11.8. The van der Waals surface area contributed by atoms with Crippen LogP contribution < -0.4 is 4.72 Å². The molecule has 0 aliphatic heterocycles. The molecule has 0 fully saturated rings. The third kappa shape index (κ3) is 3.94. The molecule has 0 aliphatic rings. The van der Waals surface area contributed by atoms with Crippen LogP contribution in [0, 0.1) is 0 Å². The smallest absolute Gasteiger partial charge is 0.263 e. The van der Waals surface area contributed by atoms with Crippen LogP contribution in [-0.4, -0.2) is 23.4 Å². The summed E-state index contributed by atoms with van der Waals surface area (Å²) in [6.45, 7) is 0. The maximum atomic E-state index is 12.6. The lowest BCUT2D eigenvalue weighted by Gasteiger charge is -2.06. The van der Waals surface area contributed by atoms with E-state index in [2.05, 4.69) is 19.7 Å². The zero-order valence-electron chi connectivity index (χ0n) is 12.2. The van der Waals surface area contributed by atoms with E-state index >= 15 is 0 Å². The molecule has 1 N–H and O–H groups in total. The van der Waals surface area contributed by atoms with E-state index in [0.717, 1.165) is 12.1 Å². The molecule has 0 radical (unpaired) electrons. The van der Waals surface area contributed by atoms with Gasteiger partial charge in [0.1, 0.15) is 21.2 Å². The number of hydrogen-bond acceptors (Lipinski definition) is 6. The second-order valence-electron chi connectivity index (χ2n) is 4.78. The van der Waals surface area contributed by atoms with Gasteiger partial charge in [0.2, 0.25) is 0 Å². The highest BCUT2D eigenvalue weighted by atomic mass is 32.2. The Bertz CT molecular complexity index is 971. The highest BCUT2D eigenvalue weighted by Gasteiger charge is 2.34. The van der Waals surface area contributed by atoms with Gasteiger partial charge in [0, 0.05) is 29.7 Å². The zero-order chi connectivity index (χ0) is 18.1. The summed E-state index contributed by atoms with van der Waals surface area (Å²) >= 11 is 0.146. The molecule has 3 aromatic heterocycles. The lowest BCUT2D eigenvalue weighted by Crippen LogP contribution is -2.12. The Hall–Kier alpha value is -2.53. The van der Waals surface area contributed by atoms with Gasteiger partial charge in [0.05, 0.1) is 0 Å². The van der Waals surface area contributed by atoms with Crippen molar-refractivity contribution in [2.24, 2.45) is 0 Å². The molecule has 130 valence electrons. The van der Waals surface area contributed by atoms with E-state index in [1.54, 1.807) is 18.5 Å². The average molecular weight is 386 g/mol. The maximum absolute atomic E-state index is 12.6. The quantitative estimate of drug-likeness (QED) is 0.743. The normalized spacial score (nSPS) is 12.1. The van der Waals surface area contributed by atoms with Crippen LogP contribution in [0.2, 0.25) is 0 Å². The number of anilines is 1. The number of halogens is 3. The van der Waals surface area contributed by atoms with E-state index in [9.17, 15) is 21.6 Å². The number of nitrogens with one attached hydrogen (secondary N) is 1. The summed E-state index contributed by atoms with van der Waals surface area (Å²) in [4.78, 5) is 10.7. The summed E-state index contributed by atoms with van der Waals surface area (Å²) in [6, 6.07) is 4.63. The van der Waals surface area contributed by atoms with Crippen LogP contribution in [-0.2, 0) is 16.2 Å². The molecule has 11 heteroatoms. The Balaban J connectivity index is 1.80. The standard InChI is InChI=1S/C14H9F3N4O2S2/c15-14(16,17)11-2-4-13(24-11)25(22,23)21-12-3-1-9(7-20-12)10-5-18-8-19-6-10/h1-8H,(H,20,21). The van der Waals surface area contributed by atoms with Crippen molar-refractivity contribution in [1.82, 2.24) is 15.0 Å². The summed E-state index contributed by atoms with van der Waals surface area (Å²) in [6.07, 6.45) is 1.33. The molecule has 0 aromatic carbocycles. The van der Waals surface area contributed by atoms with Crippen LogP contribution in [0.1, 0.15) is 4.88 Å². The van der Waals surface area contributed by atoms with Crippen molar-refractivity contribution in [2.75, 3.05) is 4.72 Å². The minimum absolute atomic E-state index is 0.0115. The second-order valence-corrected chi connectivity index (χ2v) is 7.77. The van der Waals surface area contributed by atoms with Gasteiger partial charge in [0.25, 0.3) is 10.0 Å². The van der Waals surface area contributed by atoms with Crippen LogP contribution in [0.25, 0.3) is 11.1 Å². The van der Waals surface area contributed by atoms with Gasteiger partial charge in [0.15, 0.2) is 0 Å². The summed E-state index contributed by atoms with van der Waals surface area (Å²) in [7, 11) is -4.15. The monoisotopic (exact) mass is 386 g/mol. The molecule has 3 aromatic rings. The average Bonchev–Trinajstić information content (AvgIpc) is 3.07. The number of rotatable bonds is 4. The Morgan fingerprint density at radius 3 is 2.24 bits per heavy atom. The number of aromatic nitrogens is 3. The molecule has 0 aliphatic carbocycles. The van der Waals surface area contributed by atoms with Gasteiger partial charge in [-0.2, -0.15) is 13.2 Å². The van der Waals surface area contributed by atoms with Crippen molar-refractivity contribution < 1.29 is 21.6 Å². The van der Waals surface area contributed by atoms with Crippen molar-refractivity contribution in [3.8, 4) is 11.1 Å². The number of pyridine rings is 1. The summed E-state index contributed by atoms with van der Waals surface area (Å²) in [5.41, 5.74) is 1.36. The molecule has 0 bridgehead atoms. The largest absolute Gasteiger partial charge is 0.425 e. The third-order valence-corrected chi connectivity index (χ3v) is 6.00. The predicted molar refractivity (Wildman–Crippen MR) is 85.4 cm³/mol. The first-order valence-corrected chi connectivity index (χ1v) is 8.97. The van der Waals surface area contributed by atoms with E-state index in [4.69, 9.17) is 0 Å². The summed E-state index contributed by atoms with van der Waals surface area (Å²) < 4.78 is 63.8. The van der Waals surface area contributed by atoms with Gasteiger partial charge in [-0.1, -0.05) is 0 Å². The maximum Gasteiger partial charge on any atom is 0.425 e. The fraction of sp³-hybridized carbons (Fsp3) is 0.0714. The fourth-order valence-corrected chi connectivity index (χ4v) is 4.06. The van der Waals surface area contributed by atoms with Crippen molar-refractivity contribution in [1.29, 1.82) is 0 Å². The van der Waals surface area contributed by atoms with Crippen molar-refractivity contribution in [3.05, 3.63) is 54.1 Å². The van der Waals surface area contributed by atoms with Crippen molar-refractivity contribution in [2.45, 2.75) is 10.4 Å². The molecule has 0 spiro atoms. The van der Waals surface area contributed by atoms with Gasteiger partial charge in [-0.25, -0.2) is 23.4 Å². The summed E-state index contributed by atoms with van der Waals surface area (Å²) in [5, 5.41) is 0. The van der Waals surface area contributed by atoms with Crippen molar-refractivity contribution in [3.63, 3.8) is 0 Å². The molecule has 6 nitrogen and oxygen atoms in total. The molecule has 0 unspecified atom stereocenters. The van der Waals surface area contributed by atoms with E-state index in [1.165, 1.54) is 18.6 Å². The lowest BCUT2D eigenvalue weighted by molar-refractivity contribution is -0.134. The molecule has 25 heavy (non-hydrogen) atoms. The van der Waals surface area contributed by atoms with Gasteiger partial charge in [-0.3, -0.25) is 4.72 Å². The van der Waals surface area contributed by atoms with Crippen LogP contribution in [0.15, 0.2) is 53.4 Å². The fourth-order valence-electron chi connectivity index (χ4n) is 1.88. The Labute approximate surface area is 144 Å². The number of alkyl halides is 3. The topological polar surface area (TPSA) is 84.8 Å². The first-order valence-electron chi connectivity index (χ1n) is 6.67. The van der Waals surface area contributed by atoms with Crippen LogP contribution in [0.5, 0.6) is 0 Å². The molecule has 0 saturated carbocycles. The zero-order valence-corrected chi connectivity index (χ0v) is 13.9. The molecular formula is C14H9F3N4O2S2. The van der Waals surface area contributed by atoms with Crippen LogP contribution in [0.3, 0.4) is 0 Å². The van der Waals surface area contributed by atoms with E-state index in [0.29, 0.717) is 11.1 Å². The lowest BCUT2D eigenvalue weighted by atomic mass is 10.1. The van der Waals surface area contributed by atoms with E-state index in [-0.39, 0.29) is 17.2 Å². The van der Waals surface area contributed by atoms with Crippen LogP contribution in [0.4, 0.5) is 19.0 Å². The van der Waals surface area contributed by atoms with Gasteiger partial charge < -0.3 is 0 Å². The third-order valence-electron chi connectivity index (χ3n) is 3.02. The molecular weight excluding hydrogens is 377 g/mol. The number of sulfonamides is 1. The first kappa shape index (κ1) is 17.3.